The van der Waals surface area contributed by atoms with Gasteiger partial charge in [-0.25, -0.2) is 0 Å². The van der Waals surface area contributed by atoms with Gasteiger partial charge in [0.25, 0.3) is 0 Å². The van der Waals surface area contributed by atoms with Crippen LogP contribution in [-0.2, 0) is 22.6 Å². The van der Waals surface area contributed by atoms with Gasteiger partial charge in [0.2, 0.25) is 11.8 Å². The predicted octanol–water partition coefficient (Wildman–Crippen LogP) is 2.99. The second-order valence-electron chi connectivity index (χ2n) is 7.53. The molecular weight excluding hydrogens is 414 g/mol. The summed E-state index contributed by atoms with van der Waals surface area (Å²) < 4.78 is 12.8. The van der Waals surface area contributed by atoms with E-state index in [-0.39, 0.29) is 18.4 Å². The maximum absolute atomic E-state index is 13.5. The lowest BCUT2D eigenvalue weighted by Crippen LogP contribution is -2.51. The zero-order valence-electron chi connectivity index (χ0n) is 17.5. The van der Waals surface area contributed by atoms with Crippen LogP contribution in [0.15, 0.2) is 53.5 Å². The van der Waals surface area contributed by atoms with Crippen LogP contribution < -0.4 is 15.2 Å². The molecule has 31 heavy (non-hydrogen) atoms. The Morgan fingerprint density at radius 2 is 1.84 bits per heavy atom. The van der Waals surface area contributed by atoms with Gasteiger partial charge < -0.3 is 24.7 Å². The van der Waals surface area contributed by atoms with Crippen molar-refractivity contribution in [2.45, 2.75) is 31.5 Å². The second-order valence-corrected chi connectivity index (χ2v) is 8.31. The number of thiophene rings is 1. The Morgan fingerprint density at radius 3 is 2.42 bits per heavy atom. The molecule has 1 unspecified atom stereocenters. The lowest BCUT2D eigenvalue weighted by Gasteiger charge is -2.36. The molecule has 7 nitrogen and oxygen atoms in total. The first-order valence-corrected chi connectivity index (χ1v) is 10.9. The molecule has 8 heteroatoms. The first kappa shape index (κ1) is 21.0. The van der Waals surface area contributed by atoms with E-state index in [1.807, 2.05) is 58.1 Å². The van der Waals surface area contributed by atoms with E-state index in [0.29, 0.717) is 24.5 Å². The SMILES string of the molecule is COc1cc2c(cc1OC)CN(C(=O)CC(c1ccsc1)n1cccc1)[C@H](C(N)=O)C2. The average Bonchev–Trinajstić information content (AvgIpc) is 3.49. The number of methoxy groups -OCH3 is 2. The molecule has 162 valence electrons. The van der Waals surface area contributed by atoms with Gasteiger partial charge in [-0.1, -0.05) is 0 Å². The number of nitrogens with two attached hydrogens (primary N) is 1. The highest BCUT2D eigenvalue weighted by Gasteiger charge is 2.35. The maximum Gasteiger partial charge on any atom is 0.240 e. The number of aromatic nitrogens is 1. The normalized spacial score (nSPS) is 16.5. The summed E-state index contributed by atoms with van der Waals surface area (Å²) in [4.78, 5) is 27.3. The van der Waals surface area contributed by atoms with E-state index in [2.05, 4.69) is 0 Å². The molecule has 3 aromatic rings. The third-order valence-corrected chi connectivity index (χ3v) is 6.47. The lowest BCUT2D eigenvalue weighted by molar-refractivity contribution is -0.141. The molecule has 2 N–H and O–H groups in total. The summed E-state index contributed by atoms with van der Waals surface area (Å²) in [5.74, 6) is 0.556. The standard InChI is InChI=1S/C23H25N3O4S/c1-29-20-10-16-9-19(23(24)28)26(13-17(16)11-21(20)30-2)22(27)12-18(15-5-8-31-14-15)25-6-3-4-7-25/h3-8,10-11,14,18-19H,9,12-13H2,1-2H3,(H2,24,28)/t18?,19-/m0/s1. The zero-order valence-corrected chi connectivity index (χ0v) is 18.3. The van der Waals surface area contributed by atoms with Crippen LogP contribution in [0.5, 0.6) is 11.5 Å². The molecule has 2 atom stereocenters. The highest BCUT2D eigenvalue weighted by molar-refractivity contribution is 7.08. The molecule has 0 fully saturated rings. The zero-order chi connectivity index (χ0) is 22.0. The monoisotopic (exact) mass is 439 g/mol. The molecule has 1 aliphatic heterocycles. The number of hydrogen-bond acceptors (Lipinski definition) is 5. The Balaban J connectivity index is 1.64. The highest BCUT2D eigenvalue weighted by atomic mass is 32.1. The van der Waals surface area contributed by atoms with E-state index in [1.165, 1.54) is 0 Å². The van der Waals surface area contributed by atoms with E-state index in [4.69, 9.17) is 15.2 Å². The van der Waals surface area contributed by atoms with Gasteiger partial charge in [-0.05, 0) is 57.8 Å². The van der Waals surface area contributed by atoms with Gasteiger partial charge in [-0.3, -0.25) is 9.59 Å². The van der Waals surface area contributed by atoms with Crippen LogP contribution in [0, 0.1) is 0 Å². The van der Waals surface area contributed by atoms with Gasteiger partial charge in [-0.2, -0.15) is 11.3 Å². The first-order valence-electron chi connectivity index (χ1n) is 9.99. The van der Waals surface area contributed by atoms with Crippen LogP contribution in [0.4, 0.5) is 0 Å². The quantitative estimate of drug-likeness (QED) is 0.613. The van der Waals surface area contributed by atoms with Crippen LogP contribution in [-0.4, -0.2) is 41.5 Å². The molecular formula is C23H25N3O4S. The summed E-state index contributed by atoms with van der Waals surface area (Å²) in [6.45, 7) is 0.296. The minimum Gasteiger partial charge on any atom is -0.493 e. The number of nitrogens with zero attached hydrogens (tertiary/aromatic N) is 2. The number of primary amides is 1. The van der Waals surface area contributed by atoms with Crippen molar-refractivity contribution < 1.29 is 19.1 Å². The minimum absolute atomic E-state index is 0.117. The summed E-state index contributed by atoms with van der Waals surface area (Å²) >= 11 is 1.59. The Bertz CT molecular complexity index is 1030. The van der Waals surface area contributed by atoms with Crippen molar-refractivity contribution in [2.24, 2.45) is 5.73 Å². The van der Waals surface area contributed by atoms with Gasteiger partial charge in [0.15, 0.2) is 11.5 Å². The Labute approximate surface area is 185 Å². The number of rotatable bonds is 7. The Morgan fingerprint density at radius 1 is 1.16 bits per heavy atom. The van der Waals surface area contributed by atoms with Crippen molar-refractivity contribution in [3.8, 4) is 11.5 Å². The fraction of sp³-hybridized carbons (Fsp3) is 0.304. The summed E-state index contributed by atoms with van der Waals surface area (Å²) in [5.41, 5.74) is 8.63. The molecule has 0 radical (unpaired) electrons. The number of carbonyl (C=O) groups excluding carboxylic acids is 2. The van der Waals surface area contributed by atoms with E-state index in [1.54, 1.807) is 30.5 Å². The van der Waals surface area contributed by atoms with Crippen LogP contribution in [0.3, 0.4) is 0 Å². The smallest absolute Gasteiger partial charge is 0.240 e. The van der Waals surface area contributed by atoms with E-state index >= 15 is 0 Å². The molecule has 3 heterocycles. The van der Waals surface area contributed by atoms with Crippen molar-refractivity contribution in [3.63, 3.8) is 0 Å². The lowest BCUT2D eigenvalue weighted by atomic mass is 9.92. The van der Waals surface area contributed by atoms with Crippen molar-refractivity contribution >= 4 is 23.2 Å². The van der Waals surface area contributed by atoms with Crippen molar-refractivity contribution in [1.29, 1.82) is 0 Å². The predicted molar refractivity (Wildman–Crippen MR) is 118 cm³/mol. The number of carbonyl (C=O) groups is 2. The molecule has 0 aliphatic carbocycles. The third-order valence-electron chi connectivity index (χ3n) is 5.77. The molecule has 0 spiro atoms. The van der Waals surface area contributed by atoms with Crippen LogP contribution in [0.2, 0.25) is 0 Å². The highest BCUT2D eigenvalue weighted by Crippen LogP contribution is 2.35. The largest absolute Gasteiger partial charge is 0.493 e. The van der Waals surface area contributed by atoms with Crippen LogP contribution >= 0.6 is 11.3 Å². The summed E-state index contributed by atoms with van der Waals surface area (Å²) in [5, 5.41) is 4.05. The Kier molecular flexibility index (Phi) is 5.99. The van der Waals surface area contributed by atoms with Crippen LogP contribution in [0.25, 0.3) is 0 Å². The van der Waals surface area contributed by atoms with Gasteiger partial charge in [0.05, 0.1) is 26.7 Å². The Hall–Kier alpha value is -3.26. The van der Waals surface area contributed by atoms with Crippen LogP contribution in [0.1, 0.15) is 29.2 Å². The molecule has 0 bridgehead atoms. The number of hydrogen-bond donors (Lipinski definition) is 1. The third kappa shape index (κ3) is 4.16. The summed E-state index contributed by atoms with van der Waals surface area (Å²) in [6, 6.07) is 8.78. The number of benzene rings is 1. The van der Waals surface area contributed by atoms with Gasteiger partial charge in [-0.15, -0.1) is 0 Å². The molecule has 1 aromatic carbocycles. The van der Waals surface area contributed by atoms with E-state index in [9.17, 15) is 9.59 Å². The molecule has 0 saturated carbocycles. The van der Waals surface area contributed by atoms with Crippen molar-refractivity contribution in [2.75, 3.05) is 14.2 Å². The first-order chi connectivity index (χ1) is 15.0. The van der Waals surface area contributed by atoms with E-state index in [0.717, 1.165) is 16.7 Å². The molecule has 2 aromatic heterocycles. The van der Waals surface area contributed by atoms with Crippen molar-refractivity contribution in [1.82, 2.24) is 9.47 Å². The van der Waals surface area contributed by atoms with Gasteiger partial charge >= 0.3 is 0 Å². The fourth-order valence-corrected chi connectivity index (χ4v) is 4.83. The summed E-state index contributed by atoms with van der Waals surface area (Å²) in [6.07, 6.45) is 4.48. The minimum atomic E-state index is -0.703. The molecule has 4 rings (SSSR count). The maximum atomic E-state index is 13.5. The van der Waals surface area contributed by atoms with Crippen molar-refractivity contribution in [3.05, 3.63) is 70.2 Å². The number of ether oxygens (including phenoxy) is 2. The molecule has 2 amide bonds. The number of amides is 2. The topological polar surface area (TPSA) is 86.8 Å². The fourth-order valence-electron chi connectivity index (χ4n) is 4.13. The average molecular weight is 440 g/mol. The number of fused-ring (bicyclic) bond motifs is 1. The molecule has 1 aliphatic rings. The van der Waals surface area contributed by atoms with Gasteiger partial charge in [0, 0.05) is 25.4 Å². The molecule has 0 saturated heterocycles. The second kappa shape index (κ2) is 8.85. The van der Waals surface area contributed by atoms with Gasteiger partial charge in [0.1, 0.15) is 6.04 Å². The summed E-state index contributed by atoms with van der Waals surface area (Å²) in [7, 11) is 3.14. The van der Waals surface area contributed by atoms with E-state index < -0.39 is 11.9 Å².